The number of imidazole rings is 1. The van der Waals surface area contributed by atoms with E-state index in [2.05, 4.69) is 39.1 Å². The fourth-order valence-corrected chi connectivity index (χ4v) is 5.80. The maximum absolute atomic E-state index is 12.8. The van der Waals surface area contributed by atoms with Crippen LogP contribution in [0.1, 0.15) is 44.5 Å². The number of thiophene rings is 1. The van der Waals surface area contributed by atoms with Crippen LogP contribution < -0.4 is 5.32 Å². The Labute approximate surface area is 225 Å². The van der Waals surface area contributed by atoms with Crippen molar-refractivity contribution in [1.29, 1.82) is 0 Å². The van der Waals surface area contributed by atoms with E-state index in [-0.39, 0.29) is 12.0 Å². The second-order valence-corrected chi connectivity index (χ2v) is 11.8. The molecule has 196 valence electrons. The van der Waals surface area contributed by atoms with Gasteiger partial charge in [-0.1, -0.05) is 24.3 Å². The molecule has 6 rings (SSSR count). The SMILES string of the molecule is CN1CC(c2cnc3c(Nc4cc5ccccc5s4)nc(C4=CCCN(C(=O)OC(C)(C)C)C4)cn23)C=N1. The molecule has 1 N–H and O–H groups in total. The summed E-state index contributed by atoms with van der Waals surface area (Å²) < 4.78 is 8.96. The van der Waals surface area contributed by atoms with Crippen molar-refractivity contribution >= 4 is 55.8 Å². The predicted octanol–water partition coefficient (Wildman–Crippen LogP) is 5.73. The highest BCUT2D eigenvalue weighted by molar-refractivity contribution is 7.22. The number of ether oxygens (including phenoxy) is 1. The van der Waals surface area contributed by atoms with E-state index < -0.39 is 5.60 Å². The number of hydrazone groups is 1. The van der Waals surface area contributed by atoms with Gasteiger partial charge in [-0.3, -0.25) is 9.41 Å². The van der Waals surface area contributed by atoms with Crippen LogP contribution in [-0.2, 0) is 4.74 Å². The Kier molecular flexibility index (Phi) is 6.06. The molecule has 0 spiro atoms. The number of likely N-dealkylation sites (N-methyl/N-ethyl adjacent to an activating group) is 1. The molecule has 1 aromatic carbocycles. The van der Waals surface area contributed by atoms with Gasteiger partial charge < -0.3 is 15.0 Å². The molecule has 0 aliphatic carbocycles. The molecular weight excluding hydrogens is 498 g/mol. The Morgan fingerprint density at radius 2 is 2.08 bits per heavy atom. The molecule has 0 bridgehead atoms. The molecule has 4 aromatic rings. The fraction of sp³-hybridized carbons (Fsp3) is 0.357. The van der Waals surface area contributed by atoms with Crippen molar-refractivity contribution in [3.05, 3.63) is 60.2 Å². The topological polar surface area (TPSA) is 87.4 Å². The van der Waals surface area contributed by atoms with Gasteiger partial charge in [0, 0.05) is 37.2 Å². The number of anilines is 2. The second kappa shape index (κ2) is 9.43. The van der Waals surface area contributed by atoms with Crippen molar-refractivity contribution in [2.75, 3.05) is 32.0 Å². The van der Waals surface area contributed by atoms with E-state index in [4.69, 9.17) is 14.7 Å². The third-order valence-electron chi connectivity index (χ3n) is 6.60. The number of carbonyl (C=O) groups is 1. The van der Waals surface area contributed by atoms with Crippen LogP contribution in [0.3, 0.4) is 0 Å². The first-order chi connectivity index (χ1) is 18.2. The molecular formula is C28H31N7O2S. The van der Waals surface area contributed by atoms with Crippen LogP contribution in [0.15, 0.2) is 53.9 Å². The van der Waals surface area contributed by atoms with Crippen molar-refractivity contribution in [1.82, 2.24) is 24.3 Å². The van der Waals surface area contributed by atoms with Gasteiger partial charge in [0.15, 0.2) is 11.5 Å². The predicted molar refractivity (Wildman–Crippen MR) is 152 cm³/mol. The highest BCUT2D eigenvalue weighted by atomic mass is 32.1. The van der Waals surface area contributed by atoms with Gasteiger partial charge in [0.1, 0.15) is 5.60 Å². The standard InChI is InChI=1S/C28H31N7O2S/c1-28(2,3)37-27(36)34-11-7-9-19(16-34)21-17-35-22(20-13-30-33(4)15-20)14-29-26(35)25(31-21)32-24-12-18-8-5-6-10-23(18)38-24/h5-6,8-10,12-14,17,20H,7,11,15-16H2,1-4H3,(H,31,32). The zero-order valence-corrected chi connectivity index (χ0v) is 22.8. The third-order valence-corrected chi connectivity index (χ3v) is 7.64. The van der Waals surface area contributed by atoms with Gasteiger partial charge in [0.25, 0.3) is 0 Å². The minimum absolute atomic E-state index is 0.126. The normalized spacial score (nSPS) is 17.9. The molecule has 10 heteroatoms. The lowest BCUT2D eigenvalue weighted by molar-refractivity contribution is 0.0273. The highest BCUT2D eigenvalue weighted by Gasteiger charge is 2.27. The highest BCUT2D eigenvalue weighted by Crippen LogP contribution is 2.34. The van der Waals surface area contributed by atoms with E-state index in [0.29, 0.717) is 18.9 Å². The van der Waals surface area contributed by atoms with E-state index in [1.54, 1.807) is 16.2 Å². The Hall–Kier alpha value is -3.92. The van der Waals surface area contributed by atoms with Crippen molar-refractivity contribution in [3.8, 4) is 0 Å². The molecule has 1 atom stereocenters. The molecule has 2 aliphatic rings. The van der Waals surface area contributed by atoms with Gasteiger partial charge in [-0.2, -0.15) is 5.10 Å². The minimum Gasteiger partial charge on any atom is -0.444 e. The molecule has 2 aliphatic heterocycles. The number of fused-ring (bicyclic) bond motifs is 2. The van der Waals surface area contributed by atoms with E-state index in [1.807, 2.05) is 63.6 Å². The molecule has 0 saturated carbocycles. The van der Waals surface area contributed by atoms with E-state index in [9.17, 15) is 4.79 Å². The first-order valence-corrected chi connectivity index (χ1v) is 13.6. The lowest BCUT2D eigenvalue weighted by Gasteiger charge is -2.30. The Morgan fingerprint density at radius 1 is 1.24 bits per heavy atom. The first kappa shape index (κ1) is 24.4. The number of benzene rings is 1. The summed E-state index contributed by atoms with van der Waals surface area (Å²) in [6.45, 7) is 7.51. The Bertz CT molecular complexity index is 1550. The van der Waals surface area contributed by atoms with Crippen LogP contribution in [0.2, 0.25) is 0 Å². The molecule has 0 saturated heterocycles. The van der Waals surface area contributed by atoms with E-state index in [0.717, 1.165) is 40.6 Å². The summed E-state index contributed by atoms with van der Waals surface area (Å²) in [6.07, 6.45) is 8.51. The summed E-state index contributed by atoms with van der Waals surface area (Å²) in [4.78, 5) is 24.4. The quantitative estimate of drug-likeness (QED) is 0.364. The zero-order chi connectivity index (χ0) is 26.4. The summed E-state index contributed by atoms with van der Waals surface area (Å²) in [5.74, 6) is 0.805. The summed E-state index contributed by atoms with van der Waals surface area (Å²) in [5, 5.41) is 12.1. The molecule has 38 heavy (non-hydrogen) atoms. The number of nitrogens with zero attached hydrogens (tertiary/aromatic N) is 6. The number of hydrogen-bond acceptors (Lipinski definition) is 8. The largest absolute Gasteiger partial charge is 0.444 e. The van der Waals surface area contributed by atoms with Crippen LogP contribution in [-0.4, -0.2) is 68.9 Å². The second-order valence-electron chi connectivity index (χ2n) is 10.8. The van der Waals surface area contributed by atoms with Gasteiger partial charge in [-0.15, -0.1) is 11.3 Å². The van der Waals surface area contributed by atoms with Crippen LogP contribution in [0.25, 0.3) is 21.3 Å². The Morgan fingerprint density at radius 3 is 2.84 bits per heavy atom. The molecule has 9 nitrogen and oxygen atoms in total. The number of amides is 1. The molecule has 1 unspecified atom stereocenters. The number of nitrogens with one attached hydrogen (secondary N) is 1. The maximum atomic E-state index is 12.8. The summed E-state index contributed by atoms with van der Waals surface area (Å²) >= 11 is 1.68. The van der Waals surface area contributed by atoms with E-state index >= 15 is 0 Å². The van der Waals surface area contributed by atoms with Gasteiger partial charge in [-0.25, -0.2) is 14.8 Å². The van der Waals surface area contributed by atoms with Gasteiger partial charge >= 0.3 is 6.09 Å². The Balaban J connectivity index is 1.39. The monoisotopic (exact) mass is 529 g/mol. The average Bonchev–Trinajstić information content (AvgIpc) is 3.60. The summed E-state index contributed by atoms with van der Waals surface area (Å²) in [6, 6.07) is 10.5. The molecule has 3 aromatic heterocycles. The van der Waals surface area contributed by atoms with Crippen molar-refractivity contribution in [2.45, 2.75) is 38.7 Å². The zero-order valence-electron chi connectivity index (χ0n) is 22.0. The van der Waals surface area contributed by atoms with E-state index in [1.165, 1.54) is 10.1 Å². The van der Waals surface area contributed by atoms with Crippen LogP contribution in [0, 0.1) is 0 Å². The van der Waals surface area contributed by atoms with Gasteiger partial charge in [0.05, 0.1) is 35.0 Å². The maximum Gasteiger partial charge on any atom is 0.410 e. The van der Waals surface area contributed by atoms with Gasteiger partial charge in [0.2, 0.25) is 0 Å². The van der Waals surface area contributed by atoms with Crippen molar-refractivity contribution in [3.63, 3.8) is 0 Å². The number of hydrogen-bond donors (Lipinski definition) is 1. The lowest BCUT2D eigenvalue weighted by Crippen LogP contribution is -2.39. The average molecular weight is 530 g/mol. The lowest BCUT2D eigenvalue weighted by atomic mass is 10.1. The number of aromatic nitrogens is 3. The third kappa shape index (κ3) is 4.83. The molecule has 1 amide bonds. The number of rotatable bonds is 4. The number of carbonyl (C=O) groups excluding carboxylic acids is 1. The van der Waals surface area contributed by atoms with Crippen molar-refractivity contribution in [2.24, 2.45) is 5.10 Å². The first-order valence-electron chi connectivity index (χ1n) is 12.8. The molecule has 0 radical (unpaired) electrons. The van der Waals surface area contributed by atoms with Crippen LogP contribution in [0.4, 0.5) is 15.6 Å². The minimum atomic E-state index is -0.543. The molecule has 5 heterocycles. The molecule has 0 fully saturated rings. The van der Waals surface area contributed by atoms with Gasteiger partial charge in [-0.05, 0) is 50.3 Å². The fourth-order valence-electron chi connectivity index (χ4n) is 4.83. The van der Waals surface area contributed by atoms with Crippen LogP contribution >= 0.6 is 11.3 Å². The smallest absolute Gasteiger partial charge is 0.410 e. The van der Waals surface area contributed by atoms with Crippen LogP contribution in [0.5, 0.6) is 0 Å². The summed E-state index contributed by atoms with van der Waals surface area (Å²) in [7, 11) is 1.97. The van der Waals surface area contributed by atoms with Crippen molar-refractivity contribution < 1.29 is 9.53 Å². The summed E-state index contributed by atoms with van der Waals surface area (Å²) in [5.41, 5.74) is 3.05.